The van der Waals surface area contributed by atoms with Gasteiger partial charge < -0.3 is 10.6 Å². The summed E-state index contributed by atoms with van der Waals surface area (Å²) in [4.78, 5) is 15.5. The van der Waals surface area contributed by atoms with Crippen LogP contribution in [0, 0.1) is 23.2 Å². The van der Waals surface area contributed by atoms with Crippen LogP contribution >= 0.6 is 11.6 Å². The number of rotatable bonds is 5. The van der Waals surface area contributed by atoms with Crippen molar-refractivity contribution in [1.82, 2.24) is 15.5 Å². The molecule has 0 spiro atoms. The zero-order valence-corrected chi connectivity index (χ0v) is 18.1. The Morgan fingerprint density at radius 1 is 1.10 bits per heavy atom. The van der Waals surface area contributed by atoms with Crippen molar-refractivity contribution in [3.8, 4) is 0 Å². The summed E-state index contributed by atoms with van der Waals surface area (Å²) in [5.41, 5.74) is 2.17. The Labute approximate surface area is 179 Å². The lowest BCUT2D eigenvalue weighted by Gasteiger charge is -2.56. The maximum atomic E-state index is 13.0. The Morgan fingerprint density at radius 3 is 2.55 bits per heavy atom. The lowest BCUT2D eigenvalue weighted by molar-refractivity contribution is -0.0503. The van der Waals surface area contributed by atoms with E-state index >= 15 is 0 Å². The molecule has 2 N–H and O–H groups in total. The Kier molecular flexibility index (Phi) is 5.61. The fourth-order valence-electron chi connectivity index (χ4n) is 7.03. The van der Waals surface area contributed by atoms with E-state index < -0.39 is 0 Å². The normalized spacial score (nSPS) is 34.2. The van der Waals surface area contributed by atoms with Crippen LogP contribution in [0.3, 0.4) is 0 Å². The summed E-state index contributed by atoms with van der Waals surface area (Å²) in [7, 11) is 0. The van der Waals surface area contributed by atoms with E-state index in [-0.39, 0.29) is 5.91 Å². The standard InChI is InChI=1S/C24H34ClN3O/c25-22-3-2-17(15-28-6-1-4-26-5-7-28)11-21(22)23(29)27-16-24-12-18-8-19(13-24)10-20(9-18)14-24/h2-3,11,18-20,26H,1,4-10,12-16H2,(H,27,29). The molecule has 5 fully saturated rings. The van der Waals surface area contributed by atoms with E-state index in [9.17, 15) is 4.79 Å². The van der Waals surface area contributed by atoms with Gasteiger partial charge in [-0.2, -0.15) is 0 Å². The summed E-state index contributed by atoms with van der Waals surface area (Å²) in [6.07, 6.45) is 9.43. The minimum atomic E-state index is 0.00475. The molecule has 0 radical (unpaired) electrons. The summed E-state index contributed by atoms with van der Waals surface area (Å²) in [6, 6.07) is 5.97. The first-order valence-electron chi connectivity index (χ1n) is 11.6. The molecule has 1 amide bonds. The van der Waals surface area contributed by atoms with Crippen molar-refractivity contribution in [1.29, 1.82) is 0 Å². The molecule has 1 aromatic rings. The molecule has 5 heteroatoms. The number of benzene rings is 1. The van der Waals surface area contributed by atoms with E-state index in [1.165, 1.54) is 50.5 Å². The second-order valence-corrected chi connectivity index (χ2v) is 10.7. The minimum Gasteiger partial charge on any atom is -0.351 e. The van der Waals surface area contributed by atoms with E-state index in [1.54, 1.807) is 0 Å². The molecule has 1 aliphatic heterocycles. The van der Waals surface area contributed by atoms with Gasteiger partial charge in [-0.05, 0) is 98.9 Å². The van der Waals surface area contributed by atoms with E-state index in [4.69, 9.17) is 11.6 Å². The van der Waals surface area contributed by atoms with Crippen molar-refractivity contribution in [2.45, 2.75) is 51.5 Å². The Bertz CT molecular complexity index is 721. The number of carbonyl (C=O) groups excluding carboxylic acids is 1. The smallest absolute Gasteiger partial charge is 0.252 e. The third kappa shape index (κ3) is 4.35. The second-order valence-electron chi connectivity index (χ2n) is 10.3. The molecule has 29 heavy (non-hydrogen) atoms. The summed E-state index contributed by atoms with van der Waals surface area (Å²) >= 11 is 6.43. The van der Waals surface area contributed by atoms with E-state index in [2.05, 4.69) is 21.6 Å². The van der Waals surface area contributed by atoms with Crippen LogP contribution in [0.25, 0.3) is 0 Å². The van der Waals surface area contributed by atoms with Crippen LogP contribution < -0.4 is 10.6 Å². The van der Waals surface area contributed by atoms with Gasteiger partial charge in [0.1, 0.15) is 0 Å². The Balaban J connectivity index is 1.24. The molecule has 0 aromatic heterocycles. The first kappa shape index (κ1) is 19.8. The highest BCUT2D eigenvalue weighted by Gasteiger charge is 2.50. The number of hydrogen-bond acceptors (Lipinski definition) is 3. The van der Waals surface area contributed by atoms with Gasteiger partial charge in [-0.25, -0.2) is 0 Å². The molecule has 4 nitrogen and oxygen atoms in total. The summed E-state index contributed by atoms with van der Waals surface area (Å²) in [5.74, 6) is 2.74. The maximum absolute atomic E-state index is 13.0. The van der Waals surface area contributed by atoms with Gasteiger partial charge in [0.05, 0.1) is 10.6 Å². The van der Waals surface area contributed by atoms with Crippen LogP contribution in [0.1, 0.15) is 60.9 Å². The molecule has 0 atom stereocenters. The minimum absolute atomic E-state index is 0.00475. The number of halogens is 1. The van der Waals surface area contributed by atoms with E-state index in [0.29, 0.717) is 16.0 Å². The van der Waals surface area contributed by atoms with Gasteiger partial charge in [0, 0.05) is 26.2 Å². The first-order chi connectivity index (χ1) is 14.1. The molecule has 158 valence electrons. The van der Waals surface area contributed by atoms with Gasteiger partial charge in [-0.15, -0.1) is 0 Å². The molecule has 1 aromatic carbocycles. The quantitative estimate of drug-likeness (QED) is 0.761. The zero-order valence-electron chi connectivity index (χ0n) is 17.4. The molecule has 6 rings (SSSR count). The first-order valence-corrected chi connectivity index (χ1v) is 12.0. The zero-order chi connectivity index (χ0) is 19.8. The van der Waals surface area contributed by atoms with Gasteiger partial charge in [0.2, 0.25) is 0 Å². The second kappa shape index (κ2) is 8.20. The van der Waals surface area contributed by atoms with Crippen molar-refractivity contribution in [3.05, 3.63) is 34.3 Å². The predicted octanol–water partition coefficient (Wildman–Crippen LogP) is 4.08. The lowest BCUT2D eigenvalue weighted by Crippen LogP contribution is -2.51. The average Bonchev–Trinajstić information content (AvgIpc) is 2.95. The predicted molar refractivity (Wildman–Crippen MR) is 117 cm³/mol. The third-order valence-electron chi connectivity index (χ3n) is 7.90. The molecule has 1 saturated heterocycles. The average molecular weight is 416 g/mol. The van der Waals surface area contributed by atoms with Crippen molar-refractivity contribution >= 4 is 17.5 Å². The van der Waals surface area contributed by atoms with E-state index in [0.717, 1.165) is 57.0 Å². The SMILES string of the molecule is O=C(NCC12CC3CC(CC(C3)C1)C2)c1cc(CN2CCCNCC2)ccc1Cl. The van der Waals surface area contributed by atoms with Gasteiger partial charge in [0.25, 0.3) is 5.91 Å². The monoisotopic (exact) mass is 415 g/mol. The van der Waals surface area contributed by atoms with E-state index in [1.807, 2.05) is 12.1 Å². The number of nitrogens with zero attached hydrogens (tertiary/aromatic N) is 1. The van der Waals surface area contributed by atoms with Crippen molar-refractivity contribution in [3.63, 3.8) is 0 Å². The fourth-order valence-corrected chi connectivity index (χ4v) is 7.24. The number of nitrogens with one attached hydrogen (secondary N) is 2. The Morgan fingerprint density at radius 2 is 1.83 bits per heavy atom. The molecule has 4 saturated carbocycles. The highest BCUT2D eigenvalue weighted by Crippen LogP contribution is 2.59. The number of carbonyl (C=O) groups is 1. The Hall–Kier alpha value is -1.10. The van der Waals surface area contributed by atoms with Crippen LogP contribution in [0.2, 0.25) is 5.02 Å². The number of amides is 1. The highest BCUT2D eigenvalue weighted by atomic mass is 35.5. The van der Waals surface area contributed by atoms with Crippen molar-refractivity contribution in [2.24, 2.45) is 23.2 Å². The van der Waals surface area contributed by atoms with Crippen LogP contribution in [-0.2, 0) is 6.54 Å². The summed E-state index contributed by atoms with van der Waals surface area (Å²) in [6.45, 7) is 5.99. The van der Waals surface area contributed by atoms with Gasteiger partial charge in [-0.3, -0.25) is 9.69 Å². The van der Waals surface area contributed by atoms with Crippen LogP contribution in [0.5, 0.6) is 0 Å². The number of hydrogen-bond donors (Lipinski definition) is 2. The van der Waals surface area contributed by atoms with Gasteiger partial charge in [-0.1, -0.05) is 17.7 Å². The largest absolute Gasteiger partial charge is 0.351 e. The molecule has 4 bridgehead atoms. The summed E-state index contributed by atoms with van der Waals surface area (Å²) < 4.78 is 0. The third-order valence-corrected chi connectivity index (χ3v) is 8.23. The molecule has 1 heterocycles. The lowest BCUT2D eigenvalue weighted by atomic mass is 9.49. The maximum Gasteiger partial charge on any atom is 0.252 e. The molecule has 4 aliphatic carbocycles. The van der Waals surface area contributed by atoms with Crippen molar-refractivity contribution in [2.75, 3.05) is 32.7 Å². The summed E-state index contributed by atoms with van der Waals surface area (Å²) in [5, 5.41) is 7.30. The molecular formula is C24H34ClN3O. The van der Waals surface area contributed by atoms with Crippen LogP contribution in [-0.4, -0.2) is 43.5 Å². The highest BCUT2D eigenvalue weighted by molar-refractivity contribution is 6.33. The fraction of sp³-hybridized carbons (Fsp3) is 0.708. The molecule has 5 aliphatic rings. The van der Waals surface area contributed by atoms with Gasteiger partial charge >= 0.3 is 0 Å². The topological polar surface area (TPSA) is 44.4 Å². The molecular weight excluding hydrogens is 382 g/mol. The van der Waals surface area contributed by atoms with Gasteiger partial charge in [0.15, 0.2) is 0 Å². The van der Waals surface area contributed by atoms with Crippen LogP contribution in [0.15, 0.2) is 18.2 Å². The molecule has 0 unspecified atom stereocenters. The van der Waals surface area contributed by atoms with Crippen molar-refractivity contribution < 1.29 is 4.79 Å². The van der Waals surface area contributed by atoms with Crippen LogP contribution in [0.4, 0.5) is 0 Å².